The van der Waals surface area contributed by atoms with E-state index in [1.807, 2.05) is 0 Å². The van der Waals surface area contributed by atoms with E-state index >= 15 is 0 Å². The van der Waals surface area contributed by atoms with Crippen molar-refractivity contribution >= 4 is 20.4 Å². The monoisotopic (exact) mass is 426 g/mol. The minimum Gasteiger partial charge on any atom is -0.400 e. The van der Waals surface area contributed by atoms with Crippen LogP contribution in [0.4, 0.5) is 0 Å². The number of hydrogen-bond acceptors (Lipinski definition) is 2. The molecular weight excluding hydrogens is 383 g/mol. The molecule has 1 heterocycles. The molecule has 0 unspecified atom stereocenters. The highest BCUT2D eigenvalue weighted by molar-refractivity contribution is 6.97. The summed E-state index contributed by atoms with van der Waals surface area (Å²) in [7, 11) is -2.17. The van der Waals surface area contributed by atoms with Gasteiger partial charge in [0, 0.05) is 0 Å². The molecule has 1 aromatic carbocycles. The Kier molecular flexibility index (Phi) is 8.79. The van der Waals surface area contributed by atoms with Crippen molar-refractivity contribution in [1.29, 1.82) is 0 Å². The van der Waals surface area contributed by atoms with Gasteiger partial charge < -0.3 is 9.31 Å². The molecule has 2 rings (SSSR count). The van der Waals surface area contributed by atoms with Crippen LogP contribution in [0.5, 0.6) is 0 Å². The van der Waals surface area contributed by atoms with E-state index in [0.29, 0.717) is 0 Å². The van der Waals surface area contributed by atoms with E-state index in [1.54, 1.807) is 0 Å². The van der Waals surface area contributed by atoms with Gasteiger partial charge in [-0.1, -0.05) is 105 Å². The van der Waals surface area contributed by atoms with Crippen LogP contribution in [0.3, 0.4) is 0 Å². The van der Waals surface area contributed by atoms with Gasteiger partial charge in [0.05, 0.1) is 11.2 Å². The molecule has 166 valence electrons. The Balaban J connectivity index is 2.59. The average molecular weight is 427 g/mol. The maximum absolute atomic E-state index is 6.57. The molecule has 0 N–H and O–H groups in total. The Morgan fingerprint density at radius 2 is 1.50 bits per heavy atom. The van der Waals surface area contributed by atoms with Crippen molar-refractivity contribution in [3.05, 3.63) is 53.2 Å². The summed E-state index contributed by atoms with van der Waals surface area (Å²) in [4.78, 5) is 0. The van der Waals surface area contributed by atoms with Gasteiger partial charge >= 0.3 is 7.12 Å². The summed E-state index contributed by atoms with van der Waals surface area (Å²) in [5.74, 6) is 0. The zero-order chi connectivity index (χ0) is 22.4. The number of benzene rings is 1. The zero-order valence-electron chi connectivity index (χ0n) is 20.7. The van der Waals surface area contributed by atoms with Crippen molar-refractivity contribution in [2.75, 3.05) is 0 Å². The number of hydrogen-bond donors (Lipinski definition) is 0. The molecule has 1 aliphatic heterocycles. The maximum Gasteiger partial charge on any atom is 0.490 e. The van der Waals surface area contributed by atoms with Gasteiger partial charge in [-0.2, -0.15) is 0 Å². The van der Waals surface area contributed by atoms with E-state index in [4.69, 9.17) is 9.31 Å². The van der Waals surface area contributed by atoms with E-state index in [1.165, 1.54) is 35.1 Å². The Morgan fingerprint density at radius 1 is 0.933 bits per heavy atom. The summed E-state index contributed by atoms with van der Waals surface area (Å²) in [5, 5.41) is 2.95. The van der Waals surface area contributed by atoms with Crippen LogP contribution in [0.2, 0.25) is 13.1 Å². The maximum atomic E-state index is 6.57. The van der Waals surface area contributed by atoms with E-state index in [-0.39, 0.29) is 18.3 Å². The lowest BCUT2D eigenvalue weighted by Gasteiger charge is -2.32. The molecule has 0 aliphatic carbocycles. The molecule has 1 saturated heterocycles. The molecule has 30 heavy (non-hydrogen) atoms. The fourth-order valence-electron chi connectivity index (χ4n) is 3.98. The molecule has 0 radical (unpaired) electrons. The Bertz CT molecular complexity index is 719. The third kappa shape index (κ3) is 5.78. The van der Waals surface area contributed by atoms with Crippen LogP contribution in [0.1, 0.15) is 80.1 Å². The van der Waals surface area contributed by atoms with Gasteiger partial charge in [-0.25, -0.2) is 0 Å². The van der Waals surface area contributed by atoms with Crippen molar-refractivity contribution < 1.29 is 9.31 Å². The van der Waals surface area contributed by atoms with Crippen LogP contribution < -0.4 is 5.19 Å². The number of rotatable bonds is 10. The van der Waals surface area contributed by atoms with E-state index in [2.05, 4.69) is 97.1 Å². The Hall–Kier alpha value is -1.10. The highest BCUT2D eigenvalue weighted by Gasteiger charge is 2.53. The average Bonchev–Trinajstić information content (AvgIpc) is 2.91. The first-order chi connectivity index (χ1) is 14.1. The molecule has 2 nitrogen and oxygen atoms in total. The first-order valence-corrected chi connectivity index (χ1v) is 14.9. The molecule has 0 bridgehead atoms. The molecule has 0 saturated carbocycles. The van der Waals surface area contributed by atoms with E-state index in [0.717, 1.165) is 19.3 Å². The normalized spacial score (nSPS) is 19.4. The van der Waals surface area contributed by atoms with Gasteiger partial charge in [-0.05, 0) is 46.0 Å². The molecule has 4 heteroatoms. The predicted molar refractivity (Wildman–Crippen MR) is 135 cm³/mol. The highest BCUT2D eigenvalue weighted by atomic mass is 28.3. The Labute approximate surface area is 187 Å². The number of allylic oxidation sites excluding steroid dienone is 4. The van der Waals surface area contributed by atoms with Crippen molar-refractivity contribution in [3.8, 4) is 0 Å². The second-order valence-corrected chi connectivity index (χ2v) is 14.5. The fourth-order valence-corrected chi connectivity index (χ4v) is 6.90. The van der Waals surface area contributed by atoms with E-state index in [9.17, 15) is 0 Å². The lowest BCUT2D eigenvalue weighted by Crippen LogP contribution is -2.45. The molecule has 0 amide bonds. The molecular formula is C26H43BO2Si. The molecule has 1 fully saturated rings. The van der Waals surface area contributed by atoms with Gasteiger partial charge in [0.1, 0.15) is 8.07 Å². The van der Waals surface area contributed by atoms with Crippen LogP contribution in [-0.2, 0) is 9.31 Å². The van der Waals surface area contributed by atoms with Crippen LogP contribution >= 0.6 is 0 Å². The summed E-state index contributed by atoms with van der Waals surface area (Å²) < 4.78 is 13.1. The molecule has 0 spiro atoms. The molecule has 1 aliphatic rings. The molecule has 0 aromatic heterocycles. The Morgan fingerprint density at radius 3 is 2.03 bits per heavy atom. The first kappa shape index (κ1) is 25.2. The second-order valence-electron chi connectivity index (χ2n) is 10.2. The summed E-state index contributed by atoms with van der Waals surface area (Å²) in [6.45, 7) is 18.1. The number of unbranched alkanes of at least 4 members (excludes halogenated alkanes) is 3. The zero-order valence-corrected chi connectivity index (χ0v) is 21.7. The van der Waals surface area contributed by atoms with E-state index < -0.39 is 8.07 Å². The van der Waals surface area contributed by atoms with Gasteiger partial charge in [-0.3, -0.25) is 0 Å². The smallest absolute Gasteiger partial charge is 0.400 e. The van der Waals surface area contributed by atoms with Gasteiger partial charge in [0.25, 0.3) is 0 Å². The van der Waals surface area contributed by atoms with Gasteiger partial charge in [-0.15, -0.1) is 0 Å². The summed E-state index contributed by atoms with van der Waals surface area (Å²) >= 11 is 0. The van der Waals surface area contributed by atoms with Crippen LogP contribution in [0, 0.1) is 0 Å². The minimum atomic E-state index is -1.91. The van der Waals surface area contributed by atoms with Crippen molar-refractivity contribution in [1.82, 2.24) is 0 Å². The summed E-state index contributed by atoms with van der Waals surface area (Å²) in [6, 6.07) is 11.0. The minimum absolute atomic E-state index is 0.261. The predicted octanol–water partition coefficient (Wildman–Crippen LogP) is 7.01. The fraction of sp³-hybridized carbons (Fsp3) is 0.615. The topological polar surface area (TPSA) is 18.5 Å². The molecule has 1 aromatic rings. The van der Waals surface area contributed by atoms with Crippen molar-refractivity contribution in [2.24, 2.45) is 0 Å². The van der Waals surface area contributed by atoms with Crippen molar-refractivity contribution in [3.63, 3.8) is 0 Å². The second kappa shape index (κ2) is 10.5. The third-order valence-electron chi connectivity index (χ3n) is 6.86. The summed E-state index contributed by atoms with van der Waals surface area (Å²) in [5.41, 5.74) is 0.735. The van der Waals surface area contributed by atoms with Crippen LogP contribution in [0.25, 0.3) is 0 Å². The highest BCUT2D eigenvalue weighted by Crippen LogP contribution is 2.41. The first-order valence-electron chi connectivity index (χ1n) is 11.9. The third-order valence-corrected chi connectivity index (χ3v) is 10.5. The van der Waals surface area contributed by atoms with Gasteiger partial charge in [0.15, 0.2) is 0 Å². The lowest BCUT2D eigenvalue weighted by atomic mass is 9.75. The van der Waals surface area contributed by atoms with Crippen molar-refractivity contribution in [2.45, 2.75) is 104 Å². The quantitative estimate of drug-likeness (QED) is 0.228. The van der Waals surface area contributed by atoms with Crippen LogP contribution in [-0.4, -0.2) is 26.4 Å². The van der Waals surface area contributed by atoms with Gasteiger partial charge in [0.2, 0.25) is 0 Å². The summed E-state index contributed by atoms with van der Waals surface area (Å²) in [6.07, 6.45) is 11.8. The SMILES string of the molecule is CCCC/C=C/C(=C(/CCCC)B1OC(C)(C)C(C)(C)O1)[Si](C)(C)c1ccccc1. The largest absolute Gasteiger partial charge is 0.490 e. The molecule has 0 atom stereocenters. The standard InChI is InChI=1S/C26H43BO2Si/c1-9-11-13-17-21-24(30(7,8)22-18-15-14-16-19-22)23(20-12-10-2)27-28-25(3,4)26(5,6)29-27/h14-19,21H,9-13,20H2,1-8H3/b21-17+,24-23+. The van der Waals surface area contributed by atoms with Crippen LogP contribution in [0.15, 0.2) is 53.2 Å². The lowest BCUT2D eigenvalue weighted by molar-refractivity contribution is 0.00578.